The Kier molecular flexibility index (Phi) is 7.82. The van der Waals surface area contributed by atoms with E-state index >= 15 is 4.39 Å². The highest BCUT2D eigenvalue weighted by Crippen LogP contribution is 2.36. The number of benzene rings is 1. The van der Waals surface area contributed by atoms with Crippen LogP contribution in [0.15, 0.2) is 47.6 Å². The minimum absolute atomic E-state index is 0.0430. The number of nitrogens with zero attached hydrogens (tertiary/aromatic N) is 2. The fourth-order valence-corrected chi connectivity index (χ4v) is 7.82. The molecule has 1 unspecified atom stereocenters. The van der Waals surface area contributed by atoms with Gasteiger partial charge in [-0.05, 0) is 43.7 Å². The standard InChI is InChI=1S/C28H31FN4O4S2/c1-16(2)15-39(36,37)26(27(35)31-14-25(34)32-19-9-10-19)28-33-23-12-21(29)20(11-24(23)38-28)18-5-3-4-6-22(30-13-18)17-7-8-17/h3-6,11-13,16-17,19,26H,7-10,14-15H2,1-2H3,(H,31,35)(H,32,34)/b4-3?,5-3+,6-4+,18-5?,18-13+,22-6?,30-13?,30-22+. The van der Waals surface area contributed by atoms with Crippen LogP contribution in [-0.2, 0) is 19.4 Å². The Morgan fingerprint density at radius 2 is 1.87 bits per heavy atom. The summed E-state index contributed by atoms with van der Waals surface area (Å²) in [4.78, 5) is 34.2. The van der Waals surface area contributed by atoms with Gasteiger partial charge in [0, 0.05) is 41.1 Å². The smallest absolute Gasteiger partial charge is 0.245 e. The van der Waals surface area contributed by atoms with E-state index in [0.29, 0.717) is 21.8 Å². The van der Waals surface area contributed by atoms with Gasteiger partial charge in [-0.3, -0.25) is 14.6 Å². The highest BCUT2D eigenvalue weighted by atomic mass is 32.2. The van der Waals surface area contributed by atoms with Crippen LogP contribution in [0.2, 0.25) is 0 Å². The molecule has 1 atom stereocenters. The molecule has 2 fully saturated rings. The Balaban J connectivity index is 1.46. The summed E-state index contributed by atoms with van der Waals surface area (Å²) in [5.41, 5.74) is 2.12. The van der Waals surface area contributed by atoms with Crippen LogP contribution in [0, 0.1) is 17.7 Å². The summed E-state index contributed by atoms with van der Waals surface area (Å²) < 4.78 is 42.5. The zero-order chi connectivity index (χ0) is 27.7. The minimum Gasteiger partial charge on any atom is -0.352 e. The van der Waals surface area contributed by atoms with Crippen molar-refractivity contribution in [3.8, 4) is 0 Å². The second-order valence-corrected chi connectivity index (χ2v) is 13.8. The maximum atomic E-state index is 15.3. The van der Waals surface area contributed by atoms with E-state index in [4.69, 9.17) is 0 Å². The van der Waals surface area contributed by atoms with Crippen molar-refractivity contribution in [1.29, 1.82) is 0 Å². The fourth-order valence-electron chi connectivity index (χ4n) is 4.38. The number of halogens is 1. The van der Waals surface area contributed by atoms with E-state index in [-0.39, 0.29) is 40.7 Å². The zero-order valence-corrected chi connectivity index (χ0v) is 23.4. The first-order valence-corrected chi connectivity index (χ1v) is 15.7. The molecule has 8 nitrogen and oxygen atoms in total. The minimum atomic E-state index is -3.98. The molecule has 1 aromatic heterocycles. The van der Waals surface area contributed by atoms with E-state index in [0.717, 1.165) is 42.7 Å². The summed E-state index contributed by atoms with van der Waals surface area (Å²) in [6.07, 6.45) is 13.1. The lowest BCUT2D eigenvalue weighted by Gasteiger charge is -2.16. The summed E-state index contributed by atoms with van der Waals surface area (Å²) in [5, 5.41) is 3.67. The molecule has 3 aliphatic rings. The number of nitrogens with one attached hydrogen (secondary N) is 2. The van der Waals surface area contributed by atoms with Gasteiger partial charge in [0.25, 0.3) is 0 Å². The van der Waals surface area contributed by atoms with Crippen LogP contribution in [-0.4, -0.2) is 49.3 Å². The molecule has 206 valence electrons. The lowest BCUT2D eigenvalue weighted by molar-refractivity contribution is -0.126. The molecule has 2 amide bonds. The van der Waals surface area contributed by atoms with Crippen LogP contribution in [0.25, 0.3) is 15.8 Å². The Bertz CT molecular complexity index is 1530. The first-order chi connectivity index (χ1) is 18.6. The van der Waals surface area contributed by atoms with E-state index < -0.39 is 26.8 Å². The Morgan fingerprint density at radius 3 is 2.56 bits per heavy atom. The molecule has 0 saturated heterocycles. The molecule has 2 N–H and O–H groups in total. The highest BCUT2D eigenvalue weighted by Gasteiger charge is 2.38. The van der Waals surface area contributed by atoms with Gasteiger partial charge in [0.1, 0.15) is 10.8 Å². The molecule has 0 radical (unpaired) electrons. The van der Waals surface area contributed by atoms with Gasteiger partial charge in [-0.25, -0.2) is 17.8 Å². The molecule has 0 bridgehead atoms. The van der Waals surface area contributed by atoms with Gasteiger partial charge in [0.05, 0.1) is 22.5 Å². The maximum Gasteiger partial charge on any atom is 0.245 e. The number of hydrogen-bond donors (Lipinski definition) is 2. The largest absolute Gasteiger partial charge is 0.352 e. The Hall–Kier alpha value is -3.18. The lowest BCUT2D eigenvalue weighted by Crippen LogP contribution is -2.42. The molecule has 11 heteroatoms. The van der Waals surface area contributed by atoms with E-state index in [1.165, 1.54) is 6.07 Å². The second kappa shape index (κ2) is 11.1. The second-order valence-electron chi connectivity index (χ2n) is 10.6. The van der Waals surface area contributed by atoms with Gasteiger partial charge in [-0.1, -0.05) is 32.1 Å². The number of sulfone groups is 1. The first-order valence-electron chi connectivity index (χ1n) is 13.1. The van der Waals surface area contributed by atoms with E-state index in [1.807, 2.05) is 18.2 Å². The topological polar surface area (TPSA) is 118 Å². The SMILES string of the molecule is CC(C)CS(=O)(=O)C(C(=O)NCC(=O)NC1CC1)c1nc2cc(F)c(C3=C/N=C(C4CC4)\C=C\C=C\3)cc2s1. The van der Waals surface area contributed by atoms with Gasteiger partial charge >= 0.3 is 0 Å². The van der Waals surface area contributed by atoms with Crippen molar-refractivity contribution in [3.05, 3.63) is 59.0 Å². The van der Waals surface area contributed by atoms with Crippen LogP contribution in [0.3, 0.4) is 0 Å². The molecule has 2 saturated carbocycles. The molecule has 5 rings (SSSR count). The number of fused-ring (bicyclic) bond motifs is 1. The summed E-state index contributed by atoms with van der Waals surface area (Å²) >= 11 is 1.03. The van der Waals surface area contributed by atoms with Crippen LogP contribution in [0.4, 0.5) is 4.39 Å². The molecule has 1 aliphatic heterocycles. The summed E-state index contributed by atoms with van der Waals surface area (Å²) in [7, 11) is -3.98. The van der Waals surface area contributed by atoms with Crippen molar-refractivity contribution >= 4 is 54.5 Å². The highest BCUT2D eigenvalue weighted by molar-refractivity contribution is 7.92. The molecule has 2 aromatic rings. The number of carbonyl (C=O) groups excluding carboxylic acids is 2. The number of hydrogen-bond acceptors (Lipinski definition) is 7. The van der Waals surface area contributed by atoms with Gasteiger partial charge in [-0.2, -0.15) is 0 Å². The van der Waals surface area contributed by atoms with Crippen molar-refractivity contribution in [3.63, 3.8) is 0 Å². The van der Waals surface area contributed by atoms with Crippen molar-refractivity contribution in [2.75, 3.05) is 12.3 Å². The van der Waals surface area contributed by atoms with Crippen molar-refractivity contribution in [2.24, 2.45) is 16.8 Å². The van der Waals surface area contributed by atoms with E-state index in [2.05, 4.69) is 20.6 Å². The number of allylic oxidation sites excluding steroid dienone is 5. The van der Waals surface area contributed by atoms with E-state index in [9.17, 15) is 18.0 Å². The van der Waals surface area contributed by atoms with Crippen molar-refractivity contribution in [1.82, 2.24) is 15.6 Å². The summed E-state index contributed by atoms with van der Waals surface area (Å²) in [6, 6.07) is 2.99. The van der Waals surface area contributed by atoms with E-state index in [1.54, 1.807) is 32.2 Å². The number of aromatic nitrogens is 1. The summed E-state index contributed by atoms with van der Waals surface area (Å²) in [5.74, 6) is -1.73. The number of thiazole rings is 1. The normalized spacial score (nSPS) is 22.7. The van der Waals surface area contributed by atoms with Crippen molar-refractivity contribution in [2.45, 2.75) is 50.8 Å². The quantitative estimate of drug-likeness (QED) is 0.443. The predicted molar refractivity (Wildman–Crippen MR) is 152 cm³/mol. The molecular weight excluding hydrogens is 539 g/mol. The van der Waals surface area contributed by atoms with Crippen LogP contribution in [0.5, 0.6) is 0 Å². The average molecular weight is 571 g/mol. The predicted octanol–water partition coefficient (Wildman–Crippen LogP) is 4.26. The molecule has 1 aromatic carbocycles. The summed E-state index contributed by atoms with van der Waals surface area (Å²) in [6.45, 7) is 3.17. The van der Waals surface area contributed by atoms with Crippen molar-refractivity contribution < 1.29 is 22.4 Å². The molecular formula is C28H31FN4O4S2. The van der Waals surface area contributed by atoms with Gasteiger partial charge < -0.3 is 10.6 Å². The number of aliphatic imine (C=N–C) groups is 1. The third kappa shape index (κ3) is 6.70. The maximum absolute atomic E-state index is 15.3. The third-order valence-corrected chi connectivity index (χ3v) is 10.1. The monoisotopic (exact) mass is 570 g/mol. The van der Waals surface area contributed by atoms with Crippen LogP contribution in [0.1, 0.15) is 55.4 Å². The number of amides is 2. The molecule has 0 spiro atoms. The first kappa shape index (κ1) is 27.4. The van der Waals surface area contributed by atoms with Crippen LogP contribution < -0.4 is 10.6 Å². The van der Waals surface area contributed by atoms with Crippen LogP contribution >= 0.6 is 11.3 Å². The lowest BCUT2D eigenvalue weighted by atomic mass is 10.0. The average Bonchev–Trinajstić information content (AvgIpc) is 3.76. The zero-order valence-electron chi connectivity index (χ0n) is 21.8. The molecule has 2 heterocycles. The third-order valence-electron chi connectivity index (χ3n) is 6.56. The molecule has 39 heavy (non-hydrogen) atoms. The molecule has 2 aliphatic carbocycles. The number of carbonyl (C=O) groups is 2. The Morgan fingerprint density at radius 1 is 1.13 bits per heavy atom. The fraction of sp³-hybridized carbons (Fsp3) is 0.429. The van der Waals surface area contributed by atoms with Gasteiger partial charge in [0.2, 0.25) is 11.8 Å². The van der Waals surface area contributed by atoms with Gasteiger partial charge in [0.15, 0.2) is 15.1 Å². The Labute approximate surface area is 231 Å². The van der Waals surface area contributed by atoms with Gasteiger partial charge in [-0.15, -0.1) is 11.3 Å². The number of rotatable bonds is 10.